The number of rotatable bonds is 1. The molecule has 1 heterocycles. The molecular formula is C2H5N3O2. The molecule has 1 fully saturated rings. The van der Waals surface area contributed by atoms with Crippen molar-refractivity contribution in [2.45, 2.75) is 5.85 Å². The molecule has 0 aromatic rings. The summed E-state index contributed by atoms with van der Waals surface area (Å²) in [6.07, 6.45) is 0. The highest BCUT2D eigenvalue weighted by molar-refractivity contribution is 5.83. The van der Waals surface area contributed by atoms with Gasteiger partial charge in [-0.1, -0.05) is 0 Å². The molecule has 1 saturated heterocycles. The molecule has 0 aliphatic carbocycles. The van der Waals surface area contributed by atoms with E-state index >= 15 is 0 Å². The summed E-state index contributed by atoms with van der Waals surface area (Å²) in [5, 5.41) is 0. The van der Waals surface area contributed by atoms with E-state index in [0.29, 0.717) is 0 Å². The predicted molar refractivity (Wildman–Crippen MR) is 20.3 cm³/mol. The van der Waals surface area contributed by atoms with Gasteiger partial charge in [0.25, 0.3) is 11.8 Å². The zero-order chi connectivity index (χ0) is 5.49. The molecule has 0 aromatic carbocycles. The van der Waals surface area contributed by atoms with Crippen molar-refractivity contribution in [1.82, 2.24) is 5.48 Å². The summed E-state index contributed by atoms with van der Waals surface area (Å²) in [7, 11) is 0. The van der Waals surface area contributed by atoms with Crippen LogP contribution in [0.25, 0.3) is 0 Å². The predicted octanol–water partition coefficient (Wildman–Crippen LogP) is -2.38. The summed E-state index contributed by atoms with van der Waals surface area (Å²) in [4.78, 5) is 14.2. The molecule has 0 saturated carbocycles. The first-order valence-corrected chi connectivity index (χ1v) is 1.69. The summed E-state index contributed by atoms with van der Waals surface area (Å²) in [6, 6.07) is 0. The van der Waals surface area contributed by atoms with Crippen molar-refractivity contribution in [1.29, 1.82) is 0 Å². The van der Waals surface area contributed by atoms with Crippen molar-refractivity contribution in [2.75, 3.05) is 0 Å². The molecule has 5 heteroatoms. The summed E-state index contributed by atoms with van der Waals surface area (Å²) in [6.45, 7) is 0. The van der Waals surface area contributed by atoms with E-state index in [-0.39, 0.29) is 0 Å². The number of amides is 1. The lowest BCUT2D eigenvalue weighted by molar-refractivity contribution is -0.122. The Morgan fingerprint density at radius 2 is 2.29 bits per heavy atom. The van der Waals surface area contributed by atoms with Crippen molar-refractivity contribution < 1.29 is 9.63 Å². The van der Waals surface area contributed by atoms with Crippen LogP contribution in [0.2, 0.25) is 0 Å². The zero-order valence-electron chi connectivity index (χ0n) is 3.47. The molecule has 0 aromatic heterocycles. The van der Waals surface area contributed by atoms with Gasteiger partial charge >= 0.3 is 0 Å². The molecule has 1 atom stereocenters. The van der Waals surface area contributed by atoms with Gasteiger partial charge in [0.15, 0.2) is 0 Å². The molecule has 1 rings (SSSR count). The van der Waals surface area contributed by atoms with Gasteiger partial charge in [-0.25, -0.2) is 4.84 Å². The first-order valence-electron chi connectivity index (χ1n) is 1.69. The standard InChI is InChI=1S/C2H5N3O2/c3-1(6)2(4)5-7-2/h5H,4H2,(H2,3,6). The van der Waals surface area contributed by atoms with Crippen molar-refractivity contribution in [3.63, 3.8) is 0 Å². The normalized spacial score (nSPS) is 37.9. The lowest BCUT2D eigenvalue weighted by Crippen LogP contribution is -2.42. The van der Waals surface area contributed by atoms with Gasteiger partial charge in [-0.2, -0.15) is 0 Å². The lowest BCUT2D eigenvalue weighted by atomic mass is 10.5. The lowest BCUT2D eigenvalue weighted by Gasteiger charge is -1.89. The van der Waals surface area contributed by atoms with Crippen LogP contribution in [-0.2, 0) is 9.63 Å². The number of hydrogen-bond donors (Lipinski definition) is 3. The minimum absolute atomic E-state index is 0.701. The largest absolute Gasteiger partial charge is 0.365 e. The third-order valence-corrected chi connectivity index (χ3v) is 0.688. The first-order chi connectivity index (χ1) is 3.15. The molecular weight excluding hydrogens is 98.0 g/mol. The Morgan fingerprint density at radius 1 is 1.86 bits per heavy atom. The molecule has 0 bridgehead atoms. The van der Waals surface area contributed by atoms with Gasteiger partial charge in [0, 0.05) is 0 Å². The fourth-order valence-corrected chi connectivity index (χ4v) is 0.156. The number of carbonyl (C=O) groups is 1. The van der Waals surface area contributed by atoms with E-state index in [1.807, 2.05) is 0 Å². The number of primary amides is 1. The topological polar surface area (TPSA) is 104 Å². The SMILES string of the molecule is NC(=O)C1(N)NO1. The van der Waals surface area contributed by atoms with Crippen molar-refractivity contribution >= 4 is 5.91 Å². The fraction of sp³-hybridized carbons (Fsp3) is 0.500. The van der Waals surface area contributed by atoms with Crippen LogP contribution in [0.4, 0.5) is 0 Å². The highest BCUT2D eigenvalue weighted by Crippen LogP contribution is 2.07. The maximum absolute atomic E-state index is 9.99. The second kappa shape index (κ2) is 0.945. The van der Waals surface area contributed by atoms with Crippen LogP contribution in [0.5, 0.6) is 0 Å². The highest BCUT2D eigenvalue weighted by Gasteiger charge is 2.47. The molecule has 40 valence electrons. The molecule has 0 radical (unpaired) electrons. The Labute approximate surface area is 39.6 Å². The summed E-state index contributed by atoms with van der Waals surface area (Å²) in [5.41, 5.74) is 11.8. The quantitative estimate of drug-likeness (QED) is 0.322. The third-order valence-electron chi connectivity index (χ3n) is 0.688. The van der Waals surface area contributed by atoms with Crippen LogP contribution in [0.1, 0.15) is 0 Å². The molecule has 1 aliphatic heterocycles. The van der Waals surface area contributed by atoms with E-state index in [1.165, 1.54) is 0 Å². The van der Waals surface area contributed by atoms with E-state index in [9.17, 15) is 4.79 Å². The maximum atomic E-state index is 9.99. The van der Waals surface area contributed by atoms with Crippen LogP contribution in [-0.4, -0.2) is 11.8 Å². The monoisotopic (exact) mass is 103 g/mol. The Hall–Kier alpha value is -0.650. The van der Waals surface area contributed by atoms with Crippen LogP contribution in [0.3, 0.4) is 0 Å². The van der Waals surface area contributed by atoms with Gasteiger partial charge in [-0.15, -0.1) is 5.48 Å². The van der Waals surface area contributed by atoms with Crippen LogP contribution < -0.4 is 16.9 Å². The number of hydrogen-bond acceptors (Lipinski definition) is 4. The van der Waals surface area contributed by atoms with E-state index < -0.39 is 11.8 Å². The molecule has 1 amide bonds. The number of nitrogens with two attached hydrogens (primary N) is 2. The average Bonchev–Trinajstić information content (AvgIpc) is 2.21. The minimum Gasteiger partial charge on any atom is -0.365 e. The van der Waals surface area contributed by atoms with E-state index in [4.69, 9.17) is 5.73 Å². The van der Waals surface area contributed by atoms with Gasteiger partial charge in [0.1, 0.15) is 0 Å². The number of nitrogens with one attached hydrogen (secondary N) is 1. The first kappa shape index (κ1) is 4.51. The molecule has 7 heavy (non-hydrogen) atoms. The van der Waals surface area contributed by atoms with E-state index in [1.54, 1.807) is 0 Å². The maximum Gasteiger partial charge on any atom is 0.292 e. The summed E-state index contributed by atoms with van der Waals surface area (Å²) >= 11 is 0. The summed E-state index contributed by atoms with van der Waals surface area (Å²) in [5.74, 6) is -2.06. The van der Waals surface area contributed by atoms with Crippen LogP contribution >= 0.6 is 0 Å². The van der Waals surface area contributed by atoms with E-state index in [0.717, 1.165) is 0 Å². The van der Waals surface area contributed by atoms with Crippen molar-refractivity contribution in [3.8, 4) is 0 Å². The smallest absolute Gasteiger partial charge is 0.292 e. The van der Waals surface area contributed by atoms with E-state index in [2.05, 4.69) is 16.1 Å². The molecule has 5 N–H and O–H groups in total. The van der Waals surface area contributed by atoms with Crippen molar-refractivity contribution in [3.05, 3.63) is 0 Å². The fourth-order valence-electron chi connectivity index (χ4n) is 0.156. The Morgan fingerprint density at radius 3 is 2.29 bits per heavy atom. The molecule has 1 aliphatic rings. The Kier molecular flexibility index (Phi) is 0.609. The molecule has 0 spiro atoms. The number of carbonyl (C=O) groups excluding carboxylic acids is 1. The van der Waals surface area contributed by atoms with Crippen LogP contribution in [0.15, 0.2) is 0 Å². The van der Waals surface area contributed by atoms with Gasteiger partial charge < -0.3 is 5.73 Å². The Bertz CT molecular complexity index is 108. The van der Waals surface area contributed by atoms with Crippen LogP contribution in [0, 0.1) is 0 Å². The number of hydroxylamine groups is 1. The average molecular weight is 103 g/mol. The second-order valence-corrected chi connectivity index (χ2v) is 1.30. The molecule has 1 unspecified atom stereocenters. The van der Waals surface area contributed by atoms with Gasteiger partial charge in [0.05, 0.1) is 0 Å². The Balaban J connectivity index is 2.55. The van der Waals surface area contributed by atoms with Gasteiger partial charge in [-0.3, -0.25) is 10.5 Å². The minimum atomic E-state index is -1.36. The highest BCUT2D eigenvalue weighted by atomic mass is 16.8. The van der Waals surface area contributed by atoms with Gasteiger partial charge in [0.2, 0.25) is 0 Å². The molecule has 5 nitrogen and oxygen atoms in total. The van der Waals surface area contributed by atoms with Gasteiger partial charge in [-0.05, 0) is 0 Å². The summed E-state index contributed by atoms with van der Waals surface area (Å²) < 4.78 is 0. The van der Waals surface area contributed by atoms with Crippen molar-refractivity contribution in [2.24, 2.45) is 11.5 Å². The zero-order valence-corrected chi connectivity index (χ0v) is 3.47. The third kappa shape index (κ3) is 0.560. The second-order valence-electron chi connectivity index (χ2n) is 1.30.